The molecule has 0 saturated heterocycles. The second-order valence-corrected chi connectivity index (χ2v) is 8.76. The van der Waals surface area contributed by atoms with Gasteiger partial charge in [0.2, 0.25) is 5.91 Å². The van der Waals surface area contributed by atoms with Crippen molar-refractivity contribution in [1.29, 1.82) is 0 Å². The summed E-state index contributed by atoms with van der Waals surface area (Å²) in [5, 5.41) is 7.15. The quantitative estimate of drug-likeness (QED) is 0.519. The van der Waals surface area contributed by atoms with Crippen LogP contribution in [0.1, 0.15) is 43.2 Å². The molecule has 0 spiro atoms. The molecule has 0 aliphatic heterocycles. The fraction of sp³-hybridized carbons (Fsp3) is 0.652. The maximum Gasteiger partial charge on any atom is 0.243 e. The highest BCUT2D eigenvalue weighted by molar-refractivity contribution is 5.85. The van der Waals surface area contributed by atoms with Crippen LogP contribution in [0.4, 0.5) is 0 Å². The molecule has 0 heterocycles. The van der Waals surface area contributed by atoms with Gasteiger partial charge in [-0.3, -0.25) is 4.79 Å². The van der Waals surface area contributed by atoms with Crippen LogP contribution in [0.5, 0.6) is 0 Å². The Morgan fingerprint density at radius 3 is 2.69 bits per heavy atom. The van der Waals surface area contributed by atoms with Crippen molar-refractivity contribution < 1.29 is 9.53 Å². The molecule has 1 fully saturated rings. The number of ether oxygens (including phenoxy) is 1. The van der Waals surface area contributed by atoms with Gasteiger partial charge >= 0.3 is 0 Å². The molecular formula is C23H36N4O2. The highest BCUT2D eigenvalue weighted by Crippen LogP contribution is 2.43. The van der Waals surface area contributed by atoms with Crippen molar-refractivity contribution in [3.8, 4) is 0 Å². The van der Waals surface area contributed by atoms with Gasteiger partial charge in [-0.1, -0.05) is 30.7 Å². The van der Waals surface area contributed by atoms with Crippen LogP contribution in [0.2, 0.25) is 0 Å². The Balaban J connectivity index is 1.63. The fourth-order valence-electron chi connectivity index (χ4n) is 4.24. The van der Waals surface area contributed by atoms with E-state index < -0.39 is 0 Å². The molecule has 2 aliphatic rings. The minimum atomic E-state index is 0.0119. The third kappa shape index (κ3) is 5.95. The zero-order valence-electron chi connectivity index (χ0n) is 18.2. The number of amides is 1. The zero-order valence-corrected chi connectivity index (χ0v) is 18.2. The Hall–Kier alpha value is -2.08. The van der Waals surface area contributed by atoms with E-state index in [0.29, 0.717) is 11.5 Å². The standard InChI is InChI=1S/C23H36N4O2/c1-27(2)21(28)16-24-22(25-17-23(11-6-12-23)13-14-29-3)26-20-10-9-18-7-4-5-8-19(18)15-20/h4-5,7-8,20H,6,9-17H2,1-3H3,(H2,24,25,26). The number of benzene rings is 1. The lowest BCUT2D eigenvalue weighted by Crippen LogP contribution is -2.50. The van der Waals surface area contributed by atoms with Crippen molar-refractivity contribution in [1.82, 2.24) is 15.5 Å². The van der Waals surface area contributed by atoms with Gasteiger partial charge in [-0.15, -0.1) is 0 Å². The molecule has 2 N–H and O–H groups in total. The number of methoxy groups -OCH3 is 1. The van der Waals surface area contributed by atoms with Crippen molar-refractivity contribution >= 4 is 11.9 Å². The van der Waals surface area contributed by atoms with Crippen LogP contribution >= 0.6 is 0 Å². The van der Waals surface area contributed by atoms with Gasteiger partial charge in [0.1, 0.15) is 6.54 Å². The van der Waals surface area contributed by atoms with Gasteiger partial charge in [0.05, 0.1) is 0 Å². The summed E-state index contributed by atoms with van der Waals surface area (Å²) in [5.74, 6) is 0.770. The van der Waals surface area contributed by atoms with E-state index >= 15 is 0 Å². The molecule has 6 nitrogen and oxygen atoms in total. The Morgan fingerprint density at radius 1 is 1.28 bits per heavy atom. The van der Waals surface area contributed by atoms with Crippen molar-refractivity contribution in [2.45, 2.75) is 51.0 Å². The molecule has 1 aromatic rings. The Morgan fingerprint density at radius 2 is 2.03 bits per heavy atom. The average molecular weight is 401 g/mol. The predicted molar refractivity (Wildman–Crippen MR) is 117 cm³/mol. The van der Waals surface area contributed by atoms with Gasteiger partial charge in [-0.2, -0.15) is 0 Å². The Bertz CT molecular complexity index is 713. The predicted octanol–water partition coefficient (Wildman–Crippen LogP) is 2.37. The summed E-state index contributed by atoms with van der Waals surface area (Å²) in [6.07, 6.45) is 7.95. The smallest absolute Gasteiger partial charge is 0.243 e. The van der Waals surface area contributed by atoms with Gasteiger partial charge in [0.25, 0.3) is 0 Å². The molecule has 160 valence electrons. The molecule has 1 aromatic carbocycles. The average Bonchev–Trinajstić information content (AvgIpc) is 2.70. The molecule has 1 atom stereocenters. The number of aryl methyl sites for hydroxylation is 1. The third-order valence-electron chi connectivity index (χ3n) is 6.44. The van der Waals surface area contributed by atoms with Crippen molar-refractivity contribution in [3.05, 3.63) is 35.4 Å². The molecule has 2 aliphatic carbocycles. The van der Waals surface area contributed by atoms with Crippen LogP contribution in [-0.4, -0.2) is 63.7 Å². The zero-order chi connectivity index (χ0) is 20.7. The number of nitrogens with one attached hydrogen (secondary N) is 2. The van der Waals surface area contributed by atoms with E-state index in [1.165, 1.54) is 30.4 Å². The lowest BCUT2D eigenvalue weighted by Gasteiger charge is -2.42. The molecule has 0 aromatic heterocycles. The van der Waals surface area contributed by atoms with Gasteiger partial charge in [0.15, 0.2) is 5.96 Å². The van der Waals surface area contributed by atoms with Gasteiger partial charge in [0, 0.05) is 40.4 Å². The third-order valence-corrected chi connectivity index (χ3v) is 6.44. The molecule has 1 saturated carbocycles. The molecule has 29 heavy (non-hydrogen) atoms. The number of hydrogen-bond donors (Lipinski definition) is 2. The van der Waals surface area contributed by atoms with Crippen molar-refractivity contribution in [2.75, 3.05) is 40.9 Å². The lowest BCUT2D eigenvalue weighted by atomic mass is 9.67. The number of carbonyl (C=O) groups excluding carboxylic acids is 1. The van der Waals surface area contributed by atoms with Gasteiger partial charge in [-0.05, 0) is 55.1 Å². The van der Waals surface area contributed by atoms with E-state index in [4.69, 9.17) is 4.74 Å². The van der Waals surface area contributed by atoms with Gasteiger partial charge < -0.3 is 20.3 Å². The van der Waals surface area contributed by atoms with Crippen LogP contribution in [0.25, 0.3) is 0 Å². The molecular weight excluding hydrogens is 364 g/mol. The summed E-state index contributed by atoms with van der Waals surface area (Å²) >= 11 is 0. The SMILES string of the molecule is COCCC1(CNC(=NCC(=O)N(C)C)NC2CCc3ccccc3C2)CCC1. The van der Waals surface area contributed by atoms with E-state index in [1.807, 2.05) is 0 Å². The first-order chi connectivity index (χ1) is 14.0. The van der Waals surface area contributed by atoms with E-state index in [0.717, 1.165) is 44.8 Å². The Kier molecular flexibility index (Phi) is 7.53. The van der Waals surface area contributed by atoms with E-state index in [9.17, 15) is 4.79 Å². The number of nitrogens with zero attached hydrogens (tertiary/aromatic N) is 2. The maximum atomic E-state index is 12.1. The van der Waals surface area contributed by atoms with E-state index in [1.54, 1.807) is 26.1 Å². The van der Waals surface area contributed by atoms with Crippen LogP contribution < -0.4 is 10.6 Å². The van der Waals surface area contributed by atoms with Crippen LogP contribution in [0.15, 0.2) is 29.3 Å². The minimum Gasteiger partial charge on any atom is -0.385 e. The highest BCUT2D eigenvalue weighted by atomic mass is 16.5. The van der Waals surface area contributed by atoms with E-state index in [-0.39, 0.29) is 12.5 Å². The first kappa shape index (κ1) is 21.6. The molecule has 6 heteroatoms. The number of aliphatic imine (C=N–C) groups is 1. The summed E-state index contributed by atoms with van der Waals surface area (Å²) in [5.41, 5.74) is 3.16. The first-order valence-corrected chi connectivity index (χ1v) is 10.8. The van der Waals surface area contributed by atoms with Crippen LogP contribution in [-0.2, 0) is 22.4 Å². The first-order valence-electron chi connectivity index (χ1n) is 10.8. The second-order valence-electron chi connectivity index (χ2n) is 8.76. The number of likely N-dealkylation sites (N-methyl/N-ethyl adjacent to an activating group) is 1. The number of guanidine groups is 1. The van der Waals surface area contributed by atoms with Crippen molar-refractivity contribution in [3.63, 3.8) is 0 Å². The fourth-order valence-corrected chi connectivity index (χ4v) is 4.24. The monoisotopic (exact) mass is 400 g/mol. The summed E-state index contributed by atoms with van der Waals surface area (Å²) in [7, 11) is 5.30. The lowest BCUT2D eigenvalue weighted by molar-refractivity contribution is -0.127. The second kappa shape index (κ2) is 10.1. The normalized spacial score (nSPS) is 20.4. The van der Waals surface area contributed by atoms with Gasteiger partial charge in [-0.25, -0.2) is 4.99 Å². The maximum absolute atomic E-state index is 12.1. The van der Waals surface area contributed by atoms with Crippen LogP contribution in [0.3, 0.4) is 0 Å². The molecule has 3 rings (SSSR count). The topological polar surface area (TPSA) is 66.0 Å². The largest absolute Gasteiger partial charge is 0.385 e. The number of fused-ring (bicyclic) bond motifs is 1. The minimum absolute atomic E-state index is 0.0119. The summed E-state index contributed by atoms with van der Waals surface area (Å²) in [6, 6.07) is 9.01. The number of hydrogen-bond acceptors (Lipinski definition) is 3. The summed E-state index contributed by atoms with van der Waals surface area (Å²) in [6.45, 7) is 1.83. The molecule has 1 unspecified atom stereocenters. The molecule has 0 radical (unpaired) electrons. The van der Waals surface area contributed by atoms with Crippen molar-refractivity contribution in [2.24, 2.45) is 10.4 Å². The summed E-state index contributed by atoms with van der Waals surface area (Å²) in [4.78, 5) is 18.3. The highest BCUT2D eigenvalue weighted by Gasteiger charge is 2.36. The molecule has 0 bridgehead atoms. The van der Waals surface area contributed by atoms with E-state index in [2.05, 4.69) is 39.9 Å². The van der Waals surface area contributed by atoms with Crippen LogP contribution in [0, 0.1) is 5.41 Å². The number of rotatable bonds is 8. The number of carbonyl (C=O) groups is 1. The summed E-state index contributed by atoms with van der Waals surface area (Å²) < 4.78 is 5.32. The Labute approximate surface area is 175 Å². The molecule has 1 amide bonds.